The van der Waals surface area contributed by atoms with Gasteiger partial charge in [-0.15, -0.1) is 11.3 Å². The number of anilines is 1. The molecule has 5 heteroatoms. The van der Waals surface area contributed by atoms with Crippen LogP contribution in [0.1, 0.15) is 27.7 Å². The van der Waals surface area contributed by atoms with E-state index in [1.54, 1.807) is 6.07 Å². The number of thiophene rings is 1. The van der Waals surface area contributed by atoms with Gasteiger partial charge in [-0.05, 0) is 24.1 Å². The molecule has 1 heterocycles. The molecule has 4 nitrogen and oxygen atoms in total. The number of carboxylic acids is 1. The summed E-state index contributed by atoms with van der Waals surface area (Å²) in [6.45, 7) is 3.78. The van der Waals surface area contributed by atoms with Crippen molar-refractivity contribution in [2.24, 2.45) is 0 Å². The van der Waals surface area contributed by atoms with E-state index >= 15 is 0 Å². The molecule has 1 amide bonds. The van der Waals surface area contributed by atoms with E-state index in [1.165, 1.54) is 23.2 Å². The SMILES string of the molecule is CC(=O)N(Cc1cccc(C)c1)c1cc(-c2ccccc2)sc1C(=O)O. The first kappa shape index (κ1) is 17.9. The average Bonchev–Trinajstić information content (AvgIpc) is 3.05. The first-order chi connectivity index (χ1) is 12.5. The molecule has 0 aliphatic heterocycles. The quantitative estimate of drug-likeness (QED) is 0.694. The van der Waals surface area contributed by atoms with Gasteiger partial charge >= 0.3 is 5.97 Å². The van der Waals surface area contributed by atoms with Crippen LogP contribution in [0, 0.1) is 6.92 Å². The first-order valence-electron chi connectivity index (χ1n) is 8.22. The Morgan fingerprint density at radius 2 is 1.77 bits per heavy atom. The van der Waals surface area contributed by atoms with E-state index in [0.29, 0.717) is 12.2 Å². The maximum absolute atomic E-state index is 12.3. The van der Waals surface area contributed by atoms with Crippen LogP contribution in [-0.2, 0) is 11.3 Å². The molecule has 2 aromatic carbocycles. The van der Waals surface area contributed by atoms with Gasteiger partial charge in [0.1, 0.15) is 4.88 Å². The Morgan fingerprint density at radius 3 is 2.38 bits per heavy atom. The van der Waals surface area contributed by atoms with E-state index in [0.717, 1.165) is 21.6 Å². The summed E-state index contributed by atoms with van der Waals surface area (Å²) in [5.74, 6) is -1.21. The molecule has 26 heavy (non-hydrogen) atoms. The number of aromatic carboxylic acids is 1. The number of aryl methyl sites for hydroxylation is 1. The number of benzene rings is 2. The second-order valence-corrected chi connectivity index (χ2v) is 7.14. The fourth-order valence-electron chi connectivity index (χ4n) is 2.84. The lowest BCUT2D eigenvalue weighted by molar-refractivity contribution is -0.116. The number of hydrogen-bond acceptors (Lipinski definition) is 3. The minimum atomic E-state index is -1.03. The van der Waals surface area contributed by atoms with Crippen LogP contribution >= 0.6 is 11.3 Å². The number of rotatable bonds is 5. The summed E-state index contributed by atoms with van der Waals surface area (Å²) in [7, 11) is 0. The van der Waals surface area contributed by atoms with Crippen molar-refractivity contribution in [1.29, 1.82) is 0 Å². The van der Waals surface area contributed by atoms with E-state index in [1.807, 2.05) is 61.5 Å². The highest BCUT2D eigenvalue weighted by Crippen LogP contribution is 2.37. The Kier molecular flexibility index (Phi) is 5.19. The number of amides is 1. The zero-order valence-electron chi connectivity index (χ0n) is 14.6. The lowest BCUT2D eigenvalue weighted by Gasteiger charge is -2.21. The topological polar surface area (TPSA) is 57.6 Å². The van der Waals surface area contributed by atoms with E-state index in [9.17, 15) is 14.7 Å². The van der Waals surface area contributed by atoms with Gasteiger partial charge in [0.05, 0.1) is 12.2 Å². The third-order valence-corrected chi connectivity index (χ3v) is 5.22. The minimum absolute atomic E-state index is 0.173. The van der Waals surface area contributed by atoms with Crippen LogP contribution < -0.4 is 4.90 Å². The Labute approximate surface area is 156 Å². The smallest absolute Gasteiger partial charge is 0.348 e. The fraction of sp³-hybridized carbons (Fsp3) is 0.143. The summed E-state index contributed by atoms with van der Waals surface area (Å²) in [5, 5.41) is 9.64. The predicted molar refractivity (Wildman–Crippen MR) is 105 cm³/mol. The largest absolute Gasteiger partial charge is 0.477 e. The highest BCUT2D eigenvalue weighted by atomic mass is 32.1. The molecule has 0 fully saturated rings. The summed E-state index contributed by atoms with van der Waals surface area (Å²) in [5.41, 5.74) is 3.43. The Hall–Kier alpha value is -2.92. The number of carboxylic acid groups (broad SMARTS) is 1. The lowest BCUT2D eigenvalue weighted by Crippen LogP contribution is -2.28. The van der Waals surface area contributed by atoms with Gasteiger partial charge < -0.3 is 10.0 Å². The van der Waals surface area contributed by atoms with E-state index in [4.69, 9.17) is 0 Å². The second-order valence-electron chi connectivity index (χ2n) is 6.09. The van der Waals surface area contributed by atoms with Gasteiger partial charge in [-0.2, -0.15) is 0 Å². The molecule has 0 saturated carbocycles. The summed E-state index contributed by atoms with van der Waals surface area (Å²) < 4.78 is 0. The van der Waals surface area contributed by atoms with Crippen molar-refractivity contribution in [3.63, 3.8) is 0 Å². The summed E-state index contributed by atoms with van der Waals surface area (Å²) >= 11 is 1.19. The first-order valence-corrected chi connectivity index (χ1v) is 9.03. The highest BCUT2D eigenvalue weighted by molar-refractivity contribution is 7.18. The molecule has 1 aromatic heterocycles. The molecule has 0 spiro atoms. The molecule has 3 rings (SSSR count). The van der Waals surface area contributed by atoms with Crippen LogP contribution in [0.15, 0.2) is 60.7 Å². The second kappa shape index (κ2) is 7.54. The normalized spacial score (nSPS) is 10.5. The predicted octanol–water partition coefficient (Wildman–Crippen LogP) is 4.97. The van der Waals surface area contributed by atoms with Crippen LogP contribution in [-0.4, -0.2) is 17.0 Å². The molecule has 1 N–H and O–H groups in total. The van der Waals surface area contributed by atoms with Gasteiger partial charge in [0, 0.05) is 11.8 Å². The van der Waals surface area contributed by atoms with Crippen molar-refractivity contribution in [1.82, 2.24) is 0 Å². The van der Waals surface area contributed by atoms with E-state index in [2.05, 4.69) is 0 Å². The molecule has 0 bridgehead atoms. The van der Waals surface area contributed by atoms with Crippen molar-refractivity contribution in [2.75, 3.05) is 4.90 Å². The van der Waals surface area contributed by atoms with Crippen molar-refractivity contribution in [2.45, 2.75) is 20.4 Å². The standard InChI is InChI=1S/C21H19NO3S/c1-14-7-6-8-16(11-14)13-22(15(2)23)18-12-19(26-20(18)21(24)25)17-9-4-3-5-10-17/h3-12H,13H2,1-2H3,(H,24,25). The molecule has 0 unspecified atom stereocenters. The molecular weight excluding hydrogens is 346 g/mol. The van der Waals surface area contributed by atoms with Crippen LogP contribution in [0.5, 0.6) is 0 Å². The third-order valence-electron chi connectivity index (χ3n) is 4.06. The van der Waals surface area contributed by atoms with Gasteiger partial charge in [0.15, 0.2) is 0 Å². The van der Waals surface area contributed by atoms with E-state index in [-0.39, 0.29) is 10.8 Å². The van der Waals surface area contributed by atoms with Gasteiger partial charge in [-0.3, -0.25) is 4.79 Å². The summed E-state index contributed by atoms with van der Waals surface area (Å²) in [4.78, 5) is 26.6. The fourth-order valence-corrected chi connectivity index (χ4v) is 3.84. The Bertz CT molecular complexity index is 947. The number of carbonyl (C=O) groups is 2. The molecule has 0 aliphatic carbocycles. The summed E-state index contributed by atoms with van der Waals surface area (Å²) in [6.07, 6.45) is 0. The van der Waals surface area contributed by atoms with Gasteiger partial charge in [-0.1, -0.05) is 60.2 Å². The van der Waals surface area contributed by atoms with Gasteiger partial charge in [0.2, 0.25) is 5.91 Å². The van der Waals surface area contributed by atoms with Crippen molar-refractivity contribution < 1.29 is 14.7 Å². The highest BCUT2D eigenvalue weighted by Gasteiger charge is 2.23. The number of hydrogen-bond donors (Lipinski definition) is 1. The zero-order valence-corrected chi connectivity index (χ0v) is 15.4. The lowest BCUT2D eigenvalue weighted by atomic mass is 10.1. The summed E-state index contributed by atoms with van der Waals surface area (Å²) in [6, 6.07) is 19.2. The molecular formula is C21H19NO3S. The minimum Gasteiger partial charge on any atom is -0.477 e. The zero-order chi connectivity index (χ0) is 18.7. The molecule has 0 radical (unpaired) electrons. The Balaban J connectivity index is 2.04. The van der Waals surface area contributed by atoms with Crippen molar-refractivity contribution >= 4 is 28.9 Å². The van der Waals surface area contributed by atoms with E-state index < -0.39 is 5.97 Å². The van der Waals surface area contributed by atoms with Crippen LogP contribution in [0.3, 0.4) is 0 Å². The van der Waals surface area contributed by atoms with Gasteiger partial charge in [-0.25, -0.2) is 4.79 Å². The third kappa shape index (κ3) is 3.83. The molecule has 0 atom stereocenters. The maximum Gasteiger partial charge on any atom is 0.348 e. The molecule has 0 saturated heterocycles. The monoisotopic (exact) mass is 365 g/mol. The number of nitrogens with zero attached hydrogens (tertiary/aromatic N) is 1. The van der Waals surface area contributed by atoms with Crippen LogP contribution in [0.2, 0.25) is 0 Å². The molecule has 132 valence electrons. The van der Waals surface area contributed by atoms with Crippen molar-refractivity contribution in [3.05, 3.63) is 76.7 Å². The average molecular weight is 365 g/mol. The number of carbonyl (C=O) groups excluding carboxylic acids is 1. The molecule has 3 aromatic rings. The van der Waals surface area contributed by atoms with Crippen LogP contribution in [0.4, 0.5) is 5.69 Å². The van der Waals surface area contributed by atoms with Crippen molar-refractivity contribution in [3.8, 4) is 10.4 Å². The van der Waals surface area contributed by atoms with Crippen LogP contribution in [0.25, 0.3) is 10.4 Å². The Morgan fingerprint density at radius 1 is 1.04 bits per heavy atom. The van der Waals surface area contributed by atoms with Gasteiger partial charge in [0.25, 0.3) is 0 Å². The maximum atomic E-state index is 12.3. The molecule has 0 aliphatic rings.